The van der Waals surface area contributed by atoms with Crippen molar-refractivity contribution in [1.29, 1.82) is 0 Å². The highest BCUT2D eigenvalue weighted by atomic mass is 16.2. The standard InChI is InChI=1S/C40H47N9O2/c1-26-20-29(4-5-30(26)23-41-3)38-37-33-21-27(2)35(22-34(33)44-39(37)43-25-42-38)48-18-16-46(17-19-48)24-28-10-13-47(14-11-28)31-6-8-32(9-7-31)49-15-12-36(50)45-40(49)51/h4-9,20-22,25,28,41H,10-19,23-24H2,1-3H3,(H,42,43,44)(H,45,50,51). The summed E-state index contributed by atoms with van der Waals surface area (Å²) in [5.41, 5.74) is 11.2. The second-order valence-electron chi connectivity index (χ2n) is 14.4. The summed E-state index contributed by atoms with van der Waals surface area (Å²) in [4.78, 5) is 46.0. The lowest BCUT2D eigenvalue weighted by Crippen LogP contribution is -2.49. The van der Waals surface area contributed by atoms with E-state index in [1.165, 1.54) is 46.3 Å². The average molecular weight is 686 g/mol. The van der Waals surface area contributed by atoms with Crippen LogP contribution >= 0.6 is 0 Å². The van der Waals surface area contributed by atoms with Crippen LogP contribution in [0.25, 0.3) is 33.2 Å². The molecule has 0 unspecified atom stereocenters. The minimum Gasteiger partial charge on any atom is -0.372 e. The number of nitrogens with one attached hydrogen (secondary N) is 3. The first kappa shape index (κ1) is 33.2. The van der Waals surface area contributed by atoms with Gasteiger partial charge in [-0.05, 0) is 98.8 Å². The molecule has 0 bridgehead atoms. The van der Waals surface area contributed by atoms with Gasteiger partial charge in [0, 0.05) is 98.9 Å². The summed E-state index contributed by atoms with van der Waals surface area (Å²) in [7, 11) is 1.98. The highest BCUT2D eigenvalue weighted by Gasteiger charge is 2.27. The van der Waals surface area contributed by atoms with Gasteiger partial charge in [0.2, 0.25) is 5.91 Å². The number of piperazine rings is 1. The summed E-state index contributed by atoms with van der Waals surface area (Å²) in [6.45, 7) is 13.1. The van der Waals surface area contributed by atoms with Gasteiger partial charge < -0.3 is 20.1 Å². The van der Waals surface area contributed by atoms with Gasteiger partial charge in [0.25, 0.3) is 0 Å². The number of urea groups is 1. The number of carbonyl (C=O) groups excluding carboxylic acids is 2. The third kappa shape index (κ3) is 6.63. The van der Waals surface area contributed by atoms with Crippen molar-refractivity contribution in [2.75, 3.05) is 74.1 Å². The van der Waals surface area contributed by atoms with Crippen LogP contribution in [0.15, 0.2) is 60.9 Å². The zero-order chi connectivity index (χ0) is 35.1. The van der Waals surface area contributed by atoms with Crippen molar-refractivity contribution in [2.45, 2.75) is 39.7 Å². The van der Waals surface area contributed by atoms with Gasteiger partial charge in [0.05, 0.1) is 11.1 Å². The van der Waals surface area contributed by atoms with Crippen LogP contribution in [0, 0.1) is 19.8 Å². The largest absolute Gasteiger partial charge is 0.372 e. The number of carbonyl (C=O) groups is 2. The topological polar surface area (TPSA) is 113 Å². The maximum Gasteiger partial charge on any atom is 0.328 e. The van der Waals surface area contributed by atoms with Crippen molar-refractivity contribution in [3.8, 4) is 11.3 Å². The molecule has 3 saturated heterocycles. The number of piperidine rings is 1. The second-order valence-corrected chi connectivity index (χ2v) is 14.4. The molecule has 264 valence electrons. The Hall–Kier alpha value is -5.00. The van der Waals surface area contributed by atoms with Crippen LogP contribution < -0.4 is 25.3 Å². The predicted molar refractivity (Wildman–Crippen MR) is 205 cm³/mol. The summed E-state index contributed by atoms with van der Waals surface area (Å²) in [6, 6.07) is 19.1. The van der Waals surface area contributed by atoms with Crippen molar-refractivity contribution in [3.05, 3.63) is 77.6 Å². The molecule has 51 heavy (non-hydrogen) atoms. The van der Waals surface area contributed by atoms with E-state index in [1.807, 2.05) is 19.2 Å². The molecular formula is C40H47N9O2. The molecule has 3 aromatic carbocycles. The molecular weight excluding hydrogens is 639 g/mol. The van der Waals surface area contributed by atoms with Crippen molar-refractivity contribution < 1.29 is 9.59 Å². The van der Waals surface area contributed by atoms with E-state index in [4.69, 9.17) is 4.98 Å². The van der Waals surface area contributed by atoms with Crippen molar-refractivity contribution in [1.82, 2.24) is 30.5 Å². The Bertz CT molecular complexity index is 2080. The van der Waals surface area contributed by atoms with Crippen LogP contribution in [0.5, 0.6) is 0 Å². The first-order valence-electron chi connectivity index (χ1n) is 18.3. The van der Waals surface area contributed by atoms with E-state index in [0.29, 0.717) is 18.9 Å². The minimum atomic E-state index is -0.340. The third-order valence-corrected chi connectivity index (χ3v) is 11.1. The Balaban J connectivity index is 0.880. The van der Waals surface area contributed by atoms with E-state index in [2.05, 4.69) is 91.6 Å². The molecule has 0 atom stereocenters. The van der Waals surface area contributed by atoms with Crippen molar-refractivity contribution >= 4 is 50.9 Å². The fourth-order valence-electron chi connectivity index (χ4n) is 8.23. The fraction of sp³-hybridized carbons (Fsp3) is 0.400. The van der Waals surface area contributed by atoms with E-state index < -0.39 is 0 Å². The number of aryl methyl sites for hydroxylation is 2. The smallest absolute Gasteiger partial charge is 0.328 e. The number of aromatic amines is 1. The maximum absolute atomic E-state index is 12.2. The van der Waals surface area contributed by atoms with E-state index >= 15 is 0 Å². The van der Waals surface area contributed by atoms with Crippen molar-refractivity contribution in [3.63, 3.8) is 0 Å². The first-order chi connectivity index (χ1) is 24.8. The molecule has 3 fully saturated rings. The lowest BCUT2D eigenvalue weighted by molar-refractivity contribution is -0.120. The molecule has 0 radical (unpaired) electrons. The third-order valence-electron chi connectivity index (χ3n) is 11.1. The Morgan fingerprint density at radius 1 is 0.824 bits per heavy atom. The van der Waals surface area contributed by atoms with E-state index in [9.17, 15) is 9.59 Å². The number of H-pyrrole nitrogens is 1. The van der Waals surface area contributed by atoms with Crippen molar-refractivity contribution in [2.24, 2.45) is 5.92 Å². The second kappa shape index (κ2) is 14.0. The van der Waals surface area contributed by atoms with Gasteiger partial charge in [0.15, 0.2) is 0 Å². The number of benzene rings is 3. The van der Waals surface area contributed by atoms with Crippen LogP contribution in [-0.4, -0.2) is 91.2 Å². The van der Waals surface area contributed by atoms with Gasteiger partial charge in [-0.15, -0.1) is 0 Å². The molecule has 3 aliphatic heterocycles. The minimum absolute atomic E-state index is 0.209. The number of anilines is 3. The number of aromatic nitrogens is 3. The summed E-state index contributed by atoms with van der Waals surface area (Å²) in [5.74, 6) is 0.490. The number of hydrogen-bond acceptors (Lipinski definition) is 8. The molecule has 3 N–H and O–H groups in total. The molecule has 0 aliphatic carbocycles. The normalized spacial score (nSPS) is 17.9. The van der Waals surface area contributed by atoms with Gasteiger partial charge in [-0.2, -0.15) is 0 Å². The molecule has 0 saturated carbocycles. The Morgan fingerprint density at radius 2 is 1.59 bits per heavy atom. The number of rotatable bonds is 8. The van der Waals surface area contributed by atoms with Crippen LogP contribution in [0.1, 0.15) is 36.0 Å². The van der Waals surface area contributed by atoms with Gasteiger partial charge >= 0.3 is 6.03 Å². The summed E-state index contributed by atoms with van der Waals surface area (Å²) in [5, 5.41) is 7.92. The van der Waals surface area contributed by atoms with E-state index in [0.717, 1.165) is 85.9 Å². The predicted octanol–water partition coefficient (Wildman–Crippen LogP) is 5.60. The monoisotopic (exact) mass is 685 g/mol. The van der Waals surface area contributed by atoms with Gasteiger partial charge in [-0.3, -0.25) is 19.9 Å². The molecule has 3 aliphatic rings. The van der Waals surface area contributed by atoms with Gasteiger partial charge in [0.1, 0.15) is 12.0 Å². The highest BCUT2D eigenvalue weighted by molar-refractivity contribution is 6.13. The molecule has 3 amide bonds. The number of hydrogen-bond donors (Lipinski definition) is 3. The SMILES string of the molecule is CNCc1ccc(-c2ncnc3[nH]c4cc(N5CCN(CC6CCN(c7ccc(N8CCC(=O)NC8=O)cc7)CC6)CC5)c(C)cc4c23)cc1C. The molecule has 5 aromatic rings. The zero-order valence-corrected chi connectivity index (χ0v) is 29.8. The molecule has 11 heteroatoms. The molecule has 2 aromatic heterocycles. The molecule has 0 spiro atoms. The number of nitrogens with zero attached hydrogens (tertiary/aromatic N) is 6. The summed E-state index contributed by atoms with van der Waals surface area (Å²) < 4.78 is 0. The maximum atomic E-state index is 12.2. The van der Waals surface area contributed by atoms with Crippen LogP contribution in [0.3, 0.4) is 0 Å². The highest BCUT2D eigenvalue weighted by Crippen LogP contribution is 2.36. The van der Waals surface area contributed by atoms with Gasteiger partial charge in [-0.1, -0.05) is 12.1 Å². The van der Waals surface area contributed by atoms with Crippen LogP contribution in [-0.2, 0) is 11.3 Å². The number of fused-ring (bicyclic) bond motifs is 3. The fourth-order valence-corrected chi connectivity index (χ4v) is 8.23. The molecule has 11 nitrogen and oxygen atoms in total. The Morgan fingerprint density at radius 3 is 2.31 bits per heavy atom. The molecule has 5 heterocycles. The van der Waals surface area contributed by atoms with E-state index in [1.54, 1.807) is 11.2 Å². The number of imide groups is 1. The molecule has 8 rings (SSSR count). The lowest BCUT2D eigenvalue weighted by atomic mass is 9.95. The first-order valence-corrected chi connectivity index (χ1v) is 18.3. The van der Waals surface area contributed by atoms with E-state index in [-0.39, 0.29) is 11.9 Å². The summed E-state index contributed by atoms with van der Waals surface area (Å²) >= 11 is 0. The quantitative estimate of drug-likeness (QED) is 0.194. The Kier molecular flexibility index (Phi) is 9.08. The lowest BCUT2D eigenvalue weighted by Gasteiger charge is -2.40. The van der Waals surface area contributed by atoms with Crippen LogP contribution in [0.4, 0.5) is 21.9 Å². The Labute approximate surface area is 299 Å². The van der Waals surface area contributed by atoms with Gasteiger partial charge in [-0.25, -0.2) is 14.8 Å². The van der Waals surface area contributed by atoms with Crippen LogP contribution in [0.2, 0.25) is 0 Å². The zero-order valence-electron chi connectivity index (χ0n) is 29.8. The summed E-state index contributed by atoms with van der Waals surface area (Å²) in [6.07, 6.45) is 4.36. The number of amides is 3. The average Bonchev–Trinajstić information content (AvgIpc) is 3.50.